The molecule has 0 unspecified atom stereocenters. The van der Waals surface area contributed by atoms with Gasteiger partial charge in [0.05, 0.1) is 11.1 Å². The lowest BCUT2D eigenvalue weighted by atomic mass is 10.2. The van der Waals surface area contributed by atoms with Crippen LogP contribution in [0.4, 0.5) is 11.5 Å². The molecule has 26 heavy (non-hydrogen) atoms. The van der Waals surface area contributed by atoms with Crippen LogP contribution in [0.5, 0.6) is 5.75 Å². The lowest BCUT2D eigenvalue weighted by Crippen LogP contribution is -1.99. The molecule has 3 aromatic rings. The summed E-state index contributed by atoms with van der Waals surface area (Å²) < 4.78 is 2.06. The molecule has 0 saturated carbocycles. The number of pyridine rings is 1. The van der Waals surface area contributed by atoms with Crippen LogP contribution in [-0.2, 0) is 0 Å². The van der Waals surface area contributed by atoms with Crippen molar-refractivity contribution in [2.24, 2.45) is 5.10 Å². The average Bonchev–Trinajstić information content (AvgIpc) is 2.90. The molecule has 0 amide bonds. The molecule has 0 spiro atoms. The fourth-order valence-corrected chi connectivity index (χ4v) is 2.65. The fraction of sp³-hybridized carbons (Fsp3) is 0.111. The van der Waals surface area contributed by atoms with Crippen LogP contribution in [0.15, 0.2) is 53.8 Å². The molecule has 0 atom stereocenters. The number of anilines is 1. The highest BCUT2D eigenvalue weighted by Gasteiger charge is 2.09. The molecule has 2 heterocycles. The first-order valence-electron chi connectivity index (χ1n) is 7.83. The van der Waals surface area contributed by atoms with E-state index in [0.29, 0.717) is 5.82 Å². The monoisotopic (exact) mass is 351 g/mol. The maximum Gasteiger partial charge on any atom is 0.287 e. The van der Waals surface area contributed by atoms with Crippen molar-refractivity contribution < 1.29 is 10.0 Å². The number of rotatable bonds is 5. The highest BCUT2D eigenvalue weighted by Crippen LogP contribution is 2.21. The summed E-state index contributed by atoms with van der Waals surface area (Å²) in [6, 6.07) is 11.8. The zero-order valence-corrected chi connectivity index (χ0v) is 14.2. The van der Waals surface area contributed by atoms with Crippen LogP contribution in [-0.4, -0.2) is 25.8 Å². The highest BCUT2D eigenvalue weighted by molar-refractivity contribution is 5.82. The molecular weight excluding hydrogens is 334 g/mol. The molecule has 0 saturated heterocycles. The molecule has 8 heteroatoms. The maximum atomic E-state index is 10.6. The van der Waals surface area contributed by atoms with Crippen LogP contribution in [0.1, 0.15) is 17.0 Å². The second-order valence-corrected chi connectivity index (χ2v) is 5.71. The van der Waals surface area contributed by atoms with Gasteiger partial charge in [-0.25, -0.2) is 4.98 Å². The van der Waals surface area contributed by atoms with E-state index in [1.54, 1.807) is 18.3 Å². The van der Waals surface area contributed by atoms with Crippen molar-refractivity contribution in [1.29, 1.82) is 0 Å². The standard InChI is InChI=1S/C18H17N5O3/c1-12-9-14(13(2)22(12)15-3-6-17(24)7-4-15)10-20-21-18-8-5-16(11-19-18)23(25)26/h3-11,24H,1-2H3,(H,19,21)/b20-10+. The Morgan fingerprint density at radius 2 is 1.96 bits per heavy atom. The number of hydrazone groups is 1. The lowest BCUT2D eigenvalue weighted by Gasteiger charge is -2.09. The molecule has 1 aromatic carbocycles. The Balaban J connectivity index is 1.78. The topological polar surface area (TPSA) is 106 Å². The first-order valence-corrected chi connectivity index (χ1v) is 7.83. The van der Waals surface area contributed by atoms with E-state index in [1.807, 2.05) is 32.0 Å². The summed E-state index contributed by atoms with van der Waals surface area (Å²) >= 11 is 0. The molecular formula is C18H17N5O3. The van der Waals surface area contributed by atoms with Crippen LogP contribution in [0.2, 0.25) is 0 Å². The third kappa shape index (κ3) is 3.54. The fourth-order valence-electron chi connectivity index (χ4n) is 2.65. The van der Waals surface area contributed by atoms with Gasteiger partial charge < -0.3 is 9.67 Å². The van der Waals surface area contributed by atoms with Crippen molar-refractivity contribution in [2.75, 3.05) is 5.43 Å². The van der Waals surface area contributed by atoms with E-state index in [0.717, 1.165) is 22.6 Å². The van der Waals surface area contributed by atoms with E-state index in [-0.39, 0.29) is 11.4 Å². The summed E-state index contributed by atoms with van der Waals surface area (Å²) in [6.45, 7) is 3.97. The molecule has 0 radical (unpaired) electrons. The highest BCUT2D eigenvalue weighted by atomic mass is 16.6. The number of phenols is 1. The van der Waals surface area contributed by atoms with Gasteiger partial charge in [0.15, 0.2) is 0 Å². The first kappa shape index (κ1) is 17.2. The van der Waals surface area contributed by atoms with E-state index >= 15 is 0 Å². The lowest BCUT2D eigenvalue weighted by molar-refractivity contribution is -0.385. The average molecular weight is 351 g/mol. The zero-order valence-electron chi connectivity index (χ0n) is 14.2. The van der Waals surface area contributed by atoms with Crippen LogP contribution in [0.25, 0.3) is 5.69 Å². The first-order chi connectivity index (χ1) is 12.5. The molecule has 0 fully saturated rings. The normalized spacial score (nSPS) is 11.0. The van der Waals surface area contributed by atoms with Gasteiger partial charge in [0.1, 0.15) is 17.8 Å². The van der Waals surface area contributed by atoms with E-state index < -0.39 is 4.92 Å². The van der Waals surface area contributed by atoms with Gasteiger partial charge in [-0.05, 0) is 50.2 Å². The number of nitrogens with zero attached hydrogens (tertiary/aromatic N) is 4. The van der Waals surface area contributed by atoms with Crippen LogP contribution in [0.3, 0.4) is 0 Å². The maximum absolute atomic E-state index is 10.6. The minimum Gasteiger partial charge on any atom is -0.508 e. The van der Waals surface area contributed by atoms with E-state index in [4.69, 9.17) is 0 Å². The summed E-state index contributed by atoms with van der Waals surface area (Å²) in [4.78, 5) is 14.1. The molecule has 0 aliphatic heterocycles. The van der Waals surface area contributed by atoms with Gasteiger partial charge in [0, 0.05) is 28.7 Å². The van der Waals surface area contributed by atoms with Crippen LogP contribution in [0, 0.1) is 24.0 Å². The van der Waals surface area contributed by atoms with Crippen LogP contribution >= 0.6 is 0 Å². The van der Waals surface area contributed by atoms with Crippen LogP contribution < -0.4 is 5.43 Å². The Morgan fingerprint density at radius 3 is 2.58 bits per heavy atom. The van der Waals surface area contributed by atoms with Crippen molar-refractivity contribution >= 4 is 17.7 Å². The number of aryl methyl sites for hydroxylation is 1. The predicted octanol–water partition coefficient (Wildman–Crippen LogP) is 3.55. The molecule has 132 valence electrons. The van der Waals surface area contributed by atoms with Crippen molar-refractivity contribution in [3.63, 3.8) is 0 Å². The van der Waals surface area contributed by atoms with Gasteiger partial charge in [-0.2, -0.15) is 5.10 Å². The minimum absolute atomic E-state index is 0.0722. The summed E-state index contributed by atoms with van der Waals surface area (Å²) in [5, 5.41) is 24.2. The number of hydrogen-bond donors (Lipinski definition) is 2. The van der Waals surface area contributed by atoms with Crippen molar-refractivity contribution in [2.45, 2.75) is 13.8 Å². The van der Waals surface area contributed by atoms with Gasteiger partial charge >= 0.3 is 0 Å². The second kappa shape index (κ2) is 7.06. The van der Waals surface area contributed by atoms with E-state index in [9.17, 15) is 15.2 Å². The third-order valence-electron chi connectivity index (χ3n) is 3.92. The number of aromatic nitrogens is 2. The smallest absolute Gasteiger partial charge is 0.287 e. The Bertz CT molecular complexity index is 960. The molecule has 3 rings (SSSR count). The molecule has 2 aromatic heterocycles. The van der Waals surface area contributed by atoms with E-state index in [1.165, 1.54) is 18.3 Å². The zero-order chi connectivity index (χ0) is 18.7. The Kier molecular flexibility index (Phi) is 4.66. The Hall–Kier alpha value is -3.68. The largest absolute Gasteiger partial charge is 0.508 e. The molecule has 0 aliphatic carbocycles. The van der Waals surface area contributed by atoms with E-state index in [2.05, 4.69) is 20.1 Å². The summed E-state index contributed by atoms with van der Waals surface area (Å²) in [5.74, 6) is 0.636. The number of nitrogens with one attached hydrogen (secondary N) is 1. The summed E-state index contributed by atoms with van der Waals surface area (Å²) in [7, 11) is 0. The molecule has 8 nitrogen and oxygen atoms in total. The van der Waals surface area contributed by atoms with Crippen molar-refractivity contribution in [1.82, 2.24) is 9.55 Å². The molecule has 2 N–H and O–H groups in total. The summed E-state index contributed by atoms with van der Waals surface area (Å²) in [6.07, 6.45) is 2.84. The second-order valence-electron chi connectivity index (χ2n) is 5.71. The van der Waals surface area contributed by atoms with Crippen molar-refractivity contribution in [3.05, 3.63) is 75.7 Å². The van der Waals surface area contributed by atoms with Gasteiger partial charge in [0.2, 0.25) is 0 Å². The Labute approximate surface area is 149 Å². The third-order valence-corrected chi connectivity index (χ3v) is 3.92. The van der Waals surface area contributed by atoms with Gasteiger partial charge in [-0.3, -0.25) is 15.5 Å². The Morgan fingerprint density at radius 1 is 1.23 bits per heavy atom. The number of phenolic OH excluding ortho intramolecular Hbond substituents is 1. The number of aromatic hydroxyl groups is 1. The molecule has 0 bridgehead atoms. The predicted molar refractivity (Wildman–Crippen MR) is 99.0 cm³/mol. The summed E-state index contributed by atoms with van der Waals surface area (Å²) in [5.41, 5.74) is 6.58. The quantitative estimate of drug-likeness (QED) is 0.415. The number of hydrogen-bond acceptors (Lipinski definition) is 6. The number of benzene rings is 1. The van der Waals surface area contributed by atoms with Gasteiger partial charge in [0.25, 0.3) is 5.69 Å². The SMILES string of the molecule is Cc1cc(/C=N/Nc2ccc([N+](=O)[O-])cn2)c(C)n1-c1ccc(O)cc1. The number of nitro groups is 1. The van der Waals surface area contributed by atoms with Crippen molar-refractivity contribution in [3.8, 4) is 11.4 Å². The van der Waals surface area contributed by atoms with Gasteiger partial charge in [-0.1, -0.05) is 0 Å². The van der Waals surface area contributed by atoms with Gasteiger partial charge in [-0.15, -0.1) is 0 Å². The minimum atomic E-state index is -0.502. The molecule has 0 aliphatic rings.